The van der Waals surface area contributed by atoms with Crippen molar-refractivity contribution < 1.29 is 30.4 Å². The highest BCUT2D eigenvalue weighted by molar-refractivity contribution is 7.90. The largest absolute Gasteiger partial charge is 0.434 e. The van der Waals surface area contributed by atoms with Gasteiger partial charge in [-0.15, -0.1) is 0 Å². The van der Waals surface area contributed by atoms with Crippen molar-refractivity contribution in [1.29, 1.82) is 0 Å². The number of halogens is 5. The molecule has 5 rings (SSSR count). The molecule has 0 unspecified atom stereocenters. The van der Waals surface area contributed by atoms with Crippen molar-refractivity contribution in [3.63, 3.8) is 0 Å². The fourth-order valence-corrected chi connectivity index (χ4v) is 5.47. The number of anilines is 1. The number of sulfonamides is 1. The molecule has 2 fully saturated rings. The number of hydrogen-bond donors (Lipinski definition) is 2. The zero-order valence-electron chi connectivity index (χ0n) is 17.6. The number of nitrogens with zero attached hydrogens (tertiary/aromatic N) is 3. The Morgan fingerprint density at radius 2 is 1.88 bits per heavy atom. The van der Waals surface area contributed by atoms with Gasteiger partial charge >= 0.3 is 6.18 Å². The topological polar surface area (TPSA) is 103 Å². The monoisotopic (exact) mass is 501 g/mol. The maximum absolute atomic E-state index is 15.1. The van der Waals surface area contributed by atoms with E-state index in [2.05, 4.69) is 14.7 Å². The lowest BCUT2D eigenvalue weighted by molar-refractivity contribution is -0.140. The summed E-state index contributed by atoms with van der Waals surface area (Å²) in [6.07, 6.45) is -2.92. The second-order valence-corrected chi connectivity index (χ2v) is 10.7. The Labute approximate surface area is 191 Å². The number of nitrogens with one attached hydrogen (secondary N) is 1. The van der Waals surface area contributed by atoms with Gasteiger partial charge in [-0.25, -0.2) is 31.9 Å². The predicted octanol–water partition coefficient (Wildman–Crippen LogP) is 4.09. The number of hydrogen-bond acceptors (Lipinski definition) is 5. The lowest BCUT2D eigenvalue weighted by Crippen LogP contribution is -2.28. The van der Waals surface area contributed by atoms with Crippen LogP contribution in [0.5, 0.6) is 0 Å². The Hall–Kier alpha value is -2.80. The molecule has 0 bridgehead atoms. The Morgan fingerprint density at radius 3 is 2.50 bits per heavy atom. The van der Waals surface area contributed by atoms with Crippen molar-refractivity contribution in [2.24, 2.45) is 0 Å². The zero-order chi connectivity index (χ0) is 24.4. The molecule has 0 aliphatic heterocycles. The van der Waals surface area contributed by atoms with Crippen LogP contribution in [0.2, 0.25) is 0 Å². The third-order valence-corrected chi connectivity index (χ3v) is 8.05. The van der Waals surface area contributed by atoms with Gasteiger partial charge in [0.15, 0.2) is 5.69 Å². The van der Waals surface area contributed by atoms with E-state index in [1.165, 1.54) is 0 Å². The molecule has 3 heterocycles. The first-order valence-electron chi connectivity index (χ1n) is 10.6. The van der Waals surface area contributed by atoms with Crippen molar-refractivity contribution >= 4 is 26.9 Å². The molecule has 3 aromatic heterocycles. The summed E-state index contributed by atoms with van der Waals surface area (Å²) in [4.78, 5) is 7.53. The Balaban J connectivity index is 1.63. The number of nitrogen functional groups attached to an aromatic ring is 1. The summed E-state index contributed by atoms with van der Waals surface area (Å²) in [6, 6.07) is 2.81. The predicted molar refractivity (Wildman–Crippen MR) is 114 cm³/mol. The van der Waals surface area contributed by atoms with E-state index >= 15 is 4.39 Å². The van der Waals surface area contributed by atoms with Gasteiger partial charge in [-0.1, -0.05) is 0 Å². The highest BCUT2D eigenvalue weighted by Crippen LogP contribution is 2.41. The van der Waals surface area contributed by atoms with Crippen molar-refractivity contribution in [3.8, 4) is 11.3 Å². The standard InChI is InChI=1S/C21H20F5N5O2S/c22-11-5-12(6-11)31-9-10(8-28-34(32,33)13-1-2-13)15-7-16(23)18(30-20(15)31)14-3-4-17(27)29-19(14)21(24,25)26/h3-4,7,9,11-13,28H,1-2,5-6,8H2,(H2,27,29). The Kier molecular flexibility index (Phi) is 5.32. The van der Waals surface area contributed by atoms with Crippen molar-refractivity contribution in [2.45, 2.75) is 55.9 Å². The number of aromatic nitrogens is 3. The van der Waals surface area contributed by atoms with Gasteiger partial charge in [0.25, 0.3) is 0 Å². The number of fused-ring (bicyclic) bond motifs is 1. The number of alkyl halides is 4. The van der Waals surface area contributed by atoms with Gasteiger partial charge in [0.05, 0.1) is 5.25 Å². The fourth-order valence-electron chi connectivity index (χ4n) is 4.12. The van der Waals surface area contributed by atoms with E-state index in [4.69, 9.17) is 5.73 Å². The van der Waals surface area contributed by atoms with Gasteiger partial charge in [-0.05, 0) is 49.4 Å². The molecule has 2 aliphatic rings. The summed E-state index contributed by atoms with van der Waals surface area (Å²) in [5, 5.41) is -0.223. The minimum Gasteiger partial charge on any atom is -0.384 e. The van der Waals surface area contributed by atoms with E-state index in [9.17, 15) is 26.0 Å². The van der Waals surface area contributed by atoms with Crippen LogP contribution in [0.25, 0.3) is 22.3 Å². The molecule has 2 saturated carbocycles. The van der Waals surface area contributed by atoms with E-state index in [0.29, 0.717) is 18.4 Å². The van der Waals surface area contributed by atoms with Gasteiger partial charge in [-0.3, -0.25) is 0 Å². The molecule has 7 nitrogen and oxygen atoms in total. The molecule has 0 aromatic carbocycles. The molecule has 2 aliphatic carbocycles. The summed E-state index contributed by atoms with van der Waals surface area (Å²) >= 11 is 0. The summed E-state index contributed by atoms with van der Waals surface area (Å²) in [7, 11) is -3.53. The van der Waals surface area contributed by atoms with Gasteiger partial charge < -0.3 is 10.3 Å². The van der Waals surface area contributed by atoms with Crippen LogP contribution in [0.1, 0.15) is 43.0 Å². The first-order valence-corrected chi connectivity index (χ1v) is 12.2. The highest BCUT2D eigenvalue weighted by Gasteiger charge is 2.38. The van der Waals surface area contributed by atoms with Gasteiger partial charge in [0, 0.05) is 29.7 Å². The lowest BCUT2D eigenvalue weighted by Gasteiger charge is -2.31. The average Bonchev–Trinajstić information content (AvgIpc) is 3.53. The first kappa shape index (κ1) is 23.0. The second-order valence-electron chi connectivity index (χ2n) is 8.67. The smallest absolute Gasteiger partial charge is 0.384 e. The van der Waals surface area contributed by atoms with Crippen LogP contribution >= 0.6 is 0 Å². The summed E-state index contributed by atoms with van der Waals surface area (Å²) in [5.74, 6) is -1.42. The molecule has 0 radical (unpaired) electrons. The minimum absolute atomic E-state index is 0.138. The van der Waals surface area contributed by atoms with E-state index < -0.39 is 50.4 Å². The van der Waals surface area contributed by atoms with Crippen LogP contribution < -0.4 is 10.5 Å². The molecule has 34 heavy (non-hydrogen) atoms. The average molecular weight is 501 g/mol. The van der Waals surface area contributed by atoms with Crippen LogP contribution in [0.4, 0.5) is 27.8 Å². The molecule has 3 N–H and O–H groups in total. The van der Waals surface area contributed by atoms with Crippen molar-refractivity contribution in [2.75, 3.05) is 5.73 Å². The van der Waals surface area contributed by atoms with Crippen LogP contribution in [0.15, 0.2) is 24.4 Å². The molecule has 0 saturated heterocycles. The quantitative estimate of drug-likeness (QED) is 0.496. The fraction of sp³-hybridized carbons (Fsp3) is 0.429. The Morgan fingerprint density at radius 1 is 1.18 bits per heavy atom. The van der Waals surface area contributed by atoms with E-state index in [-0.39, 0.29) is 42.3 Å². The zero-order valence-corrected chi connectivity index (χ0v) is 18.4. The first-order chi connectivity index (χ1) is 15.9. The summed E-state index contributed by atoms with van der Waals surface area (Å²) in [5.41, 5.74) is 3.41. The minimum atomic E-state index is -4.91. The van der Waals surface area contributed by atoms with Gasteiger partial charge in [0.2, 0.25) is 10.0 Å². The maximum Gasteiger partial charge on any atom is 0.434 e. The molecular weight excluding hydrogens is 481 g/mol. The number of nitrogens with two attached hydrogens (primary N) is 1. The van der Waals surface area contributed by atoms with Crippen LogP contribution in [-0.2, 0) is 22.7 Å². The molecule has 0 spiro atoms. The summed E-state index contributed by atoms with van der Waals surface area (Å²) < 4.78 is 98.0. The molecule has 0 atom stereocenters. The van der Waals surface area contributed by atoms with Crippen molar-refractivity contribution in [3.05, 3.63) is 41.5 Å². The van der Waals surface area contributed by atoms with E-state index in [1.54, 1.807) is 10.8 Å². The maximum atomic E-state index is 15.1. The van der Waals surface area contributed by atoms with Crippen LogP contribution in [-0.4, -0.2) is 34.4 Å². The van der Waals surface area contributed by atoms with E-state index in [1.807, 2.05) is 0 Å². The van der Waals surface area contributed by atoms with Gasteiger partial charge in [-0.2, -0.15) is 13.2 Å². The highest BCUT2D eigenvalue weighted by atomic mass is 32.2. The number of rotatable bonds is 6. The van der Waals surface area contributed by atoms with Crippen molar-refractivity contribution in [1.82, 2.24) is 19.3 Å². The third kappa shape index (κ3) is 4.11. The SMILES string of the molecule is Nc1ccc(-c2nc3c(cc2F)c(CNS(=O)(=O)C2CC2)cn3C2CC(F)C2)c(C(F)(F)F)n1. The van der Waals surface area contributed by atoms with Crippen LogP contribution in [0, 0.1) is 5.82 Å². The Bertz CT molecular complexity index is 1380. The molecular formula is C21H20F5N5O2S. The normalized spacial score (nSPS) is 21.1. The molecule has 0 amide bonds. The summed E-state index contributed by atoms with van der Waals surface area (Å²) in [6.45, 7) is -0.147. The second kappa shape index (κ2) is 7.87. The molecule has 3 aromatic rings. The van der Waals surface area contributed by atoms with Gasteiger partial charge in [0.1, 0.15) is 29.1 Å². The van der Waals surface area contributed by atoms with E-state index in [0.717, 1.165) is 18.2 Å². The van der Waals surface area contributed by atoms with Crippen LogP contribution in [0.3, 0.4) is 0 Å². The molecule has 182 valence electrons. The third-order valence-electron chi connectivity index (χ3n) is 6.16. The lowest BCUT2D eigenvalue weighted by atomic mass is 9.90. The molecule has 13 heteroatoms. The number of pyridine rings is 2.